The molecule has 0 bridgehead atoms. The topological polar surface area (TPSA) is 44.8 Å². The van der Waals surface area contributed by atoms with Crippen LogP contribution in [-0.2, 0) is 9.53 Å². The molecule has 5 heteroatoms. The van der Waals surface area contributed by atoms with Crippen molar-refractivity contribution in [1.82, 2.24) is 15.1 Å². The lowest BCUT2D eigenvalue weighted by atomic mass is 10.2. The summed E-state index contributed by atoms with van der Waals surface area (Å²) in [6, 6.07) is 0.567. The van der Waals surface area contributed by atoms with Gasteiger partial charge in [0.05, 0.1) is 19.8 Å². The summed E-state index contributed by atoms with van der Waals surface area (Å²) in [4.78, 5) is 16.0. The van der Waals surface area contributed by atoms with E-state index >= 15 is 0 Å². The van der Waals surface area contributed by atoms with Crippen LogP contribution in [0.25, 0.3) is 0 Å². The van der Waals surface area contributed by atoms with E-state index in [9.17, 15) is 4.79 Å². The van der Waals surface area contributed by atoms with Crippen LogP contribution in [0.1, 0.15) is 12.8 Å². The van der Waals surface area contributed by atoms with E-state index in [2.05, 4.69) is 10.2 Å². The maximum absolute atomic E-state index is 12.0. The Balaban J connectivity index is 1.69. The fourth-order valence-corrected chi connectivity index (χ4v) is 2.50. The summed E-state index contributed by atoms with van der Waals surface area (Å²) < 4.78 is 5.24. The van der Waals surface area contributed by atoms with Crippen LogP contribution in [0.5, 0.6) is 0 Å². The third-order valence-corrected chi connectivity index (χ3v) is 3.46. The van der Waals surface area contributed by atoms with E-state index in [4.69, 9.17) is 4.74 Å². The third-order valence-electron chi connectivity index (χ3n) is 3.46. The maximum Gasteiger partial charge on any atom is 0.236 e. The zero-order valence-electron chi connectivity index (χ0n) is 10.7. The van der Waals surface area contributed by atoms with Crippen LogP contribution in [0.3, 0.4) is 0 Å². The van der Waals surface area contributed by atoms with Crippen LogP contribution in [0.15, 0.2) is 0 Å². The van der Waals surface area contributed by atoms with Crippen molar-refractivity contribution in [1.29, 1.82) is 0 Å². The SMILES string of the molecule is CN(CC(=O)N1CCOCC1)CC1CCCN1. The number of rotatable bonds is 4. The van der Waals surface area contributed by atoms with Crippen molar-refractivity contribution >= 4 is 5.91 Å². The summed E-state index contributed by atoms with van der Waals surface area (Å²) in [5.74, 6) is 0.230. The van der Waals surface area contributed by atoms with E-state index < -0.39 is 0 Å². The average Bonchev–Trinajstić information content (AvgIpc) is 2.82. The molecule has 1 unspecified atom stereocenters. The molecule has 2 heterocycles. The van der Waals surface area contributed by atoms with Crippen LogP contribution in [-0.4, -0.2) is 74.7 Å². The molecule has 5 nitrogen and oxygen atoms in total. The van der Waals surface area contributed by atoms with Crippen LogP contribution in [0.2, 0.25) is 0 Å². The molecule has 1 N–H and O–H groups in total. The molecule has 2 aliphatic rings. The molecule has 98 valence electrons. The Kier molecular flexibility index (Phi) is 4.76. The molecule has 17 heavy (non-hydrogen) atoms. The number of carbonyl (C=O) groups is 1. The monoisotopic (exact) mass is 241 g/mol. The van der Waals surface area contributed by atoms with Crippen LogP contribution in [0, 0.1) is 0 Å². The van der Waals surface area contributed by atoms with Gasteiger partial charge in [-0.05, 0) is 26.4 Å². The van der Waals surface area contributed by atoms with Crippen LogP contribution in [0.4, 0.5) is 0 Å². The molecule has 0 aromatic rings. The molecule has 0 aromatic heterocycles. The Morgan fingerprint density at radius 1 is 1.47 bits per heavy atom. The second-order valence-corrected chi connectivity index (χ2v) is 4.98. The fourth-order valence-electron chi connectivity index (χ4n) is 2.50. The molecule has 2 fully saturated rings. The lowest BCUT2D eigenvalue weighted by Crippen LogP contribution is -2.46. The highest BCUT2D eigenvalue weighted by Gasteiger charge is 2.20. The van der Waals surface area contributed by atoms with Crippen LogP contribution < -0.4 is 5.32 Å². The fraction of sp³-hybridized carbons (Fsp3) is 0.917. The van der Waals surface area contributed by atoms with Crippen molar-refractivity contribution in [3.8, 4) is 0 Å². The van der Waals surface area contributed by atoms with Gasteiger partial charge in [0.1, 0.15) is 0 Å². The highest BCUT2D eigenvalue weighted by molar-refractivity contribution is 5.78. The van der Waals surface area contributed by atoms with Crippen molar-refractivity contribution in [2.24, 2.45) is 0 Å². The van der Waals surface area contributed by atoms with Gasteiger partial charge >= 0.3 is 0 Å². The maximum atomic E-state index is 12.0. The number of amides is 1. The first kappa shape index (κ1) is 12.8. The summed E-state index contributed by atoms with van der Waals surface area (Å²) in [6.45, 7) is 5.46. The third kappa shape index (κ3) is 3.94. The first-order valence-corrected chi connectivity index (χ1v) is 6.53. The van der Waals surface area contributed by atoms with E-state index in [1.165, 1.54) is 12.8 Å². The molecular weight excluding hydrogens is 218 g/mol. The van der Waals surface area contributed by atoms with Crippen molar-refractivity contribution in [3.05, 3.63) is 0 Å². The van der Waals surface area contributed by atoms with Crippen molar-refractivity contribution < 1.29 is 9.53 Å². The van der Waals surface area contributed by atoms with E-state index in [0.717, 1.165) is 26.2 Å². The second-order valence-electron chi connectivity index (χ2n) is 4.98. The molecule has 1 atom stereocenters. The van der Waals surface area contributed by atoms with Gasteiger partial charge < -0.3 is 15.0 Å². The zero-order chi connectivity index (χ0) is 12.1. The summed E-state index contributed by atoms with van der Waals surface area (Å²) in [7, 11) is 2.03. The molecule has 1 amide bonds. The predicted molar refractivity (Wildman–Crippen MR) is 65.9 cm³/mol. The molecule has 2 aliphatic heterocycles. The molecule has 0 aliphatic carbocycles. The lowest BCUT2D eigenvalue weighted by molar-refractivity contribution is -0.136. The Morgan fingerprint density at radius 3 is 2.88 bits per heavy atom. The number of morpholine rings is 1. The largest absolute Gasteiger partial charge is 0.378 e. The quantitative estimate of drug-likeness (QED) is 0.723. The number of ether oxygens (including phenoxy) is 1. The predicted octanol–water partition coefficient (Wildman–Crippen LogP) is -0.471. The number of hydrogen-bond acceptors (Lipinski definition) is 4. The van der Waals surface area contributed by atoms with Gasteiger partial charge in [-0.15, -0.1) is 0 Å². The molecular formula is C12H23N3O2. The zero-order valence-corrected chi connectivity index (χ0v) is 10.7. The van der Waals surface area contributed by atoms with Crippen LogP contribution >= 0.6 is 0 Å². The number of nitrogens with one attached hydrogen (secondary N) is 1. The van der Waals surface area contributed by atoms with Gasteiger partial charge in [0.25, 0.3) is 0 Å². The second kappa shape index (κ2) is 6.33. The number of nitrogens with zero attached hydrogens (tertiary/aromatic N) is 2. The van der Waals surface area contributed by atoms with E-state index in [1.807, 2.05) is 11.9 Å². The minimum Gasteiger partial charge on any atom is -0.378 e. The Hall–Kier alpha value is -0.650. The van der Waals surface area contributed by atoms with E-state index in [1.54, 1.807) is 0 Å². The number of hydrogen-bond donors (Lipinski definition) is 1. The van der Waals surface area contributed by atoms with Gasteiger partial charge in [0, 0.05) is 25.7 Å². The molecule has 0 spiro atoms. The summed E-state index contributed by atoms with van der Waals surface area (Å²) >= 11 is 0. The summed E-state index contributed by atoms with van der Waals surface area (Å²) in [6.07, 6.45) is 2.49. The van der Waals surface area contributed by atoms with Gasteiger partial charge in [0.15, 0.2) is 0 Å². The van der Waals surface area contributed by atoms with E-state index in [0.29, 0.717) is 25.8 Å². The molecule has 0 aromatic carbocycles. The molecule has 0 saturated carbocycles. The Morgan fingerprint density at radius 2 is 2.24 bits per heavy atom. The van der Waals surface area contributed by atoms with E-state index in [-0.39, 0.29) is 5.91 Å². The average molecular weight is 241 g/mol. The van der Waals surface area contributed by atoms with Crippen molar-refractivity contribution in [2.45, 2.75) is 18.9 Å². The standard InChI is InChI=1S/C12H23N3O2/c1-14(9-11-3-2-4-13-11)10-12(16)15-5-7-17-8-6-15/h11,13H,2-10H2,1H3. The Labute approximate surface area is 103 Å². The number of carbonyl (C=O) groups excluding carboxylic acids is 1. The smallest absolute Gasteiger partial charge is 0.236 e. The minimum absolute atomic E-state index is 0.230. The van der Waals surface area contributed by atoms with Gasteiger partial charge in [-0.3, -0.25) is 9.69 Å². The van der Waals surface area contributed by atoms with Gasteiger partial charge in [0.2, 0.25) is 5.91 Å². The highest BCUT2D eigenvalue weighted by atomic mass is 16.5. The number of likely N-dealkylation sites (N-methyl/N-ethyl adjacent to an activating group) is 1. The van der Waals surface area contributed by atoms with Crippen molar-refractivity contribution in [3.63, 3.8) is 0 Å². The first-order chi connectivity index (χ1) is 8.25. The normalized spacial score (nSPS) is 25.5. The Bertz CT molecular complexity index is 248. The highest BCUT2D eigenvalue weighted by Crippen LogP contribution is 2.06. The molecule has 0 radical (unpaired) electrons. The lowest BCUT2D eigenvalue weighted by Gasteiger charge is -2.29. The van der Waals surface area contributed by atoms with Gasteiger partial charge in [-0.2, -0.15) is 0 Å². The van der Waals surface area contributed by atoms with Gasteiger partial charge in [-0.1, -0.05) is 0 Å². The molecule has 2 saturated heterocycles. The molecule has 2 rings (SSSR count). The first-order valence-electron chi connectivity index (χ1n) is 6.53. The summed E-state index contributed by atoms with van der Waals surface area (Å²) in [5.41, 5.74) is 0. The van der Waals surface area contributed by atoms with Gasteiger partial charge in [-0.25, -0.2) is 0 Å². The minimum atomic E-state index is 0.230. The summed E-state index contributed by atoms with van der Waals surface area (Å²) in [5, 5.41) is 3.45. The van der Waals surface area contributed by atoms with Crippen molar-refractivity contribution in [2.75, 3.05) is 53.0 Å².